The van der Waals surface area contributed by atoms with Crippen LogP contribution in [-0.4, -0.2) is 80.1 Å². The molecule has 126 valence electrons. The molecule has 2 aliphatic heterocycles. The van der Waals surface area contributed by atoms with Gasteiger partial charge in [0.2, 0.25) is 0 Å². The van der Waals surface area contributed by atoms with Gasteiger partial charge in [-0.15, -0.1) is 0 Å². The number of hydrogen-bond donors (Lipinski definition) is 1. The number of morpholine rings is 1. The number of aromatic nitrogens is 1. The molecule has 0 aromatic carbocycles. The fraction of sp³-hybridized carbons (Fsp3) is 0.625. The van der Waals surface area contributed by atoms with Crippen LogP contribution < -0.4 is 4.90 Å². The minimum atomic E-state index is -0.000200. The molecule has 0 bridgehead atoms. The Morgan fingerprint density at radius 1 is 1.22 bits per heavy atom. The van der Waals surface area contributed by atoms with Crippen molar-refractivity contribution in [2.75, 3.05) is 64.1 Å². The van der Waals surface area contributed by atoms with Gasteiger partial charge in [-0.2, -0.15) is 0 Å². The second-order valence-electron chi connectivity index (χ2n) is 5.88. The number of hydrogen-bond acceptors (Lipinski definition) is 6. The standard InChI is InChI=1S/C16H23N3O4/c20-11-13-10-19(5-8-23-12-13)15-2-1-14(9-17-15)16(21)18-3-6-22-7-4-18/h1-2,9,13,20H,3-8,10-12H2. The first-order chi connectivity index (χ1) is 11.3. The molecule has 1 aromatic heterocycles. The fourth-order valence-corrected chi connectivity index (χ4v) is 2.85. The number of pyridine rings is 1. The average Bonchev–Trinajstić information content (AvgIpc) is 2.88. The first kappa shape index (κ1) is 16.2. The van der Waals surface area contributed by atoms with Crippen LogP contribution in [0.3, 0.4) is 0 Å². The lowest BCUT2D eigenvalue weighted by Crippen LogP contribution is -2.40. The van der Waals surface area contributed by atoms with Crippen LogP contribution in [0.4, 0.5) is 5.82 Å². The third-order valence-electron chi connectivity index (χ3n) is 4.21. The van der Waals surface area contributed by atoms with Crippen LogP contribution in [0.5, 0.6) is 0 Å². The Hall–Kier alpha value is -1.70. The molecule has 3 heterocycles. The summed E-state index contributed by atoms with van der Waals surface area (Å²) in [5.41, 5.74) is 0.598. The van der Waals surface area contributed by atoms with E-state index in [0.717, 1.165) is 12.4 Å². The molecule has 2 fully saturated rings. The van der Waals surface area contributed by atoms with Crippen molar-refractivity contribution < 1.29 is 19.4 Å². The molecule has 0 radical (unpaired) electrons. The second kappa shape index (κ2) is 7.72. The maximum absolute atomic E-state index is 12.4. The molecule has 0 spiro atoms. The lowest BCUT2D eigenvalue weighted by molar-refractivity contribution is 0.0302. The summed E-state index contributed by atoms with van der Waals surface area (Å²) in [6.45, 7) is 5.17. The fourth-order valence-electron chi connectivity index (χ4n) is 2.85. The number of aliphatic hydroxyl groups is 1. The molecule has 0 aliphatic carbocycles. The topological polar surface area (TPSA) is 75.1 Å². The summed E-state index contributed by atoms with van der Waals surface area (Å²) >= 11 is 0. The molecule has 1 unspecified atom stereocenters. The highest BCUT2D eigenvalue weighted by molar-refractivity contribution is 5.94. The highest BCUT2D eigenvalue weighted by atomic mass is 16.5. The van der Waals surface area contributed by atoms with Crippen LogP contribution >= 0.6 is 0 Å². The Morgan fingerprint density at radius 3 is 2.70 bits per heavy atom. The minimum absolute atomic E-state index is 0.000200. The van der Waals surface area contributed by atoms with Gasteiger partial charge in [0.05, 0.1) is 32.0 Å². The van der Waals surface area contributed by atoms with Gasteiger partial charge in [0.15, 0.2) is 0 Å². The number of aliphatic hydroxyl groups excluding tert-OH is 1. The molecule has 1 atom stereocenters. The first-order valence-electron chi connectivity index (χ1n) is 8.04. The lowest BCUT2D eigenvalue weighted by atomic mass is 10.1. The quantitative estimate of drug-likeness (QED) is 0.845. The van der Waals surface area contributed by atoms with Crippen LogP contribution in [0.25, 0.3) is 0 Å². The van der Waals surface area contributed by atoms with E-state index >= 15 is 0 Å². The Labute approximate surface area is 135 Å². The Balaban J connectivity index is 1.67. The molecule has 0 saturated carbocycles. The number of rotatable bonds is 3. The number of ether oxygens (including phenoxy) is 2. The van der Waals surface area contributed by atoms with E-state index in [1.165, 1.54) is 0 Å². The van der Waals surface area contributed by atoms with Gasteiger partial charge in [0.25, 0.3) is 5.91 Å². The van der Waals surface area contributed by atoms with Crippen molar-refractivity contribution in [1.29, 1.82) is 0 Å². The van der Waals surface area contributed by atoms with Crippen molar-refractivity contribution >= 4 is 11.7 Å². The molecule has 2 saturated heterocycles. The number of amides is 1. The van der Waals surface area contributed by atoms with Gasteiger partial charge in [0.1, 0.15) is 5.82 Å². The van der Waals surface area contributed by atoms with Gasteiger partial charge in [-0.05, 0) is 12.1 Å². The zero-order valence-electron chi connectivity index (χ0n) is 13.2. The number of carbonyl (C=O) groups is 1. The van der Waals surface area contributed by atoms with E-state index < -0.39 is 0 Å². The maximum Gasteiger partial charge on any atom is 0.255 e. The van der Waals surface area contributed by atoms with Crippen molar-refractivity contribution in [3.05, 3.63) is 23.9 Å². The van der Waals surface area contributed by atoms with Gasteiger partial charge in [-0.3, -0.25) is 4.79 Å². The van der Waals surface area contributed by atoms with Crippen LogP contribution in [0.1, 0.15) is 10.4 Å². The van der Waals surface area contributed by atoms with E-state index in [1.807, 2.05) is 12.1 Å². The van der Waals surface area contributed by atoms with Gasteiger partial charge in [0, 0.05) is 44.9 Å². The molecular formula is C16H23N3O4. The monoisotopic (exact) mass is 321 g/mol. The van der Waals surface area contributed by atoms with Crippen molar-refractivity contribution in [3.63, 3.8) is 0 Å². The molecule has 2 aliphatic rings. The average molecular weight is 321 g/mol. The van der Waals surface area contributed by atoms with Crippen molar-refractivity contribution in [2.24, 2.45) is 5.92 Å². The molecule has 23 heavy (non-hydrogen) atoms. The molecule has 1 N–H and O–H groups in total. The molecule has 1 amide bonds. The number of nitrogens with zero attached hydrogens (tertiary/aromatic N) is 3. The summed E-state index contributed by atoms with van der Waals surface area (Å²) in [7, 11) is 0. The highest BCUT2D eigenvalue weighted by Gasteiger charge is 2.21. The summed E-state index contributed by atoms with van der Waals surface area (Å²) in [6.07, 6.45) is 1.63. The summed E-state index contributed by atoms with van der Waals surface area (Å²) in [5, 5.41) is 9.35. The first-order valence-corrected chi connectivity index (χ1v) is 8.04. The van der Waals surface area contributed by atoms with Gasteiger partial charge in [-0.1, -0.05) is 0 Å². The third-order valence-corrected chi connectivity index (χ3v) is 4.21. The summed E-state index contributed by atoms with van der Waals surface area (Å²) < 4.78 is 10.8. The largest absolute Gasteiger partial charge is 0.396 e. The molecular weight excluding hydrogens is 298 g/mol. The van der Waals surface area contributed by atoms with Gasteiger partial charge >= 0.3 is 0 Å². The van der Waals surface area contributed by atoms with Gasteiger partial charge < -0.3 is 24.4 Å². The normalized spacial score (nSPS) is 22.7. The SMILES string of the molecule is O=C(c1ccc(N2CCOCC(CO)C2)nc1)N1CCOCC1. The van der Waals surface area contributed by atoms with E-state index in [9.17, 15) is 9.90 Å². The predicted molar refractivity (Wildman–Crippen MR) is 84.6 cm³/mol. The molecule has 7 nitrogen and oxygen atoms in total. The smallest absolute Gasteiger partial charge is 0.255 e. The maximum atomic E-state index is 12.4. The van der Waals surface area contributed by atoms with Crippen LogP contribution in [0.2, 0.25) is 0 Å². The van der Waals surface area contributed by atoms with E-state index in [0.29, 0.717) is 51.6 Å². The van der Waals surface area contributed by atoms with Crippen LogP contribution in [0, 0.1) is 5.92 Å². The van der Waals surface area contributed by atoms with E-state index in [1.54, 1.807) is 11.1 Å². The zero-order valence-corrected chi connectivity index (χ0v) is 13.2. The van der Waals surface area contributed by atoms with Gasteiger partial charge in [-0.25, -0.2) is 4.98 Å². The Bertz CT molecular complexity index is 517. The lowest BCUT2D eigenvalue weighted by Gasteiger charge is -2.27. The second-order valence-corrected chi connectivity index (χ2v) is 5.88. The van der Waals surface area contributed by atoms with Crippen LogP contribution in [0.15, 0.2) is 18.3 Å². The van der Waals surface area contributed by atoms with Crippen molar-refractivity contribution in [1.82, 2.24) is 9.88 Å². The summed E-state index contributed by atoms with van der Waals surface area (Å²) in [6, 6.07) is 3.69. The van der Waals surface area contributed by atoms with E-state index in [4.69, 9.17) is 9.47 Å². The Morgan fingerprint density at radius 2 is 2.00 bits per heavy atom. The molecule has 7 heteroatoms. The third kappa shape index (κ3) is 3.99. The predicted octanol–water partition coefficient (Wildman–Crippen LogP) is -0.000900. The highest BCUT2D eigenvalue weighted by Crippen LogP contribution is 2.17. The van der Waals surface area contributed by atoms with E-state index in [2.05, 4.69) is 9.88 Å². The number of anilines is 1. The molecule has 1 aromatic rings. The Kier molecular flexibility index (Phi) is 5.43. The van der Waals surface area contributed by atoms with Crippen molar-refractivity contribution in [3.8, 4) is 0 Å². The van der Waals surface area contributed by atoms with Crippen molar-refractivity contribution in [2.45, 2.75) is 0 Å². The van der Waals surface area contributed by atoms with Crippen LogP contribution in [-0.2, 0) is 9.47 Å². The molecule has 3 rings (SSSR count). The summed E-state index contributed by atoms with van der Waals surface area (Å²) in [4.78, 5) is 20.7. The number of carbonyl (C=O) groups excluding carboxylic acids is 1. The summed E-state index contributed by atoms with van der Waals surface area (Å²) in [5.74, 6) is 0.904. The van der Waals surface area contributed by atoms with E-state index in [-0.39, 0.29) is 18.4 Å². The zero-order chi connectivity index (χ0) is 16.1. The minimum Gasteiger partial charge on any atom is -0.396 e.